The van der Waals surface area contributed by atoms with Crippen LogP contribution in [0.2, 0.25) is 0 Å². The van der Waals surface area contributed by atoms with Crippen LogP contribution < -0.4 is 10.1 Å². The molecule has 0 spiro atoms. The molecule has 0 aliphatic carbocycles. The van der Waals surface area contributed by atoms with E-state index in [-0.39, 0.29) is 0 Å². The highest BCUT2D eigenvalue weighted by Gasteiger charge is 2.16. The maximum absolute atomic E-state index is 5.87. The number of thiocarbonyl (C=S) groups is 1. The van der Waals surface area contributed by atoms with Crippen molar-refractivity contribution in [1.29, 1.82) is 0 Å². The molecule has 0 aromatic heterocycles. The Labute approximate surface area is 189 Å². The normalized spacial score (nSPS) is 15.6. The monoisotopic (exact) mass is 435 g/mol. The minimum Gasteiger partial charge on any atom is -0.497 e. The Bertz CT molecular complexity index is 591. The lowest BCUT2D eigenvalue weighted by molar-refractivity contribution is 0.0367. The van der Waals surface area contributed by atoms with Crippen molar-refractivity contribution < 1.29 is 9.47 Å². The van der Waals surface area contributed by atoms with Crippen molar-refractivity contribution in [3.05, 3.63) is 29.8 Å². The van der Waals surface area contributed by atoms with Gasteiger partial charge in [0.1, 0.15) is 5.75 Å². The van der Waals surface area contributed by atoms with Crippen molar-refractivity contribution in [2.75, 3.05) is 46.5 Å². The van der Waals surface area contributed by atoms with Gasteiger partial charge in [0.25, 0.3) is 0 Å². The number of nitrogens with zero attached hydrogens (tertiary/aromatic N) is 2. The molecule has 0 radical (unpaired) electrons. The molecule has 1 aliphatic rings. The fraction of sp³-hybridized carbons (Fsp3) is 0.708. The summed E-state index contributed by atoms with van der Waals surface area (Å²) >= 11 is 5.87. The Morgan fingerprint density at radius 1 is 1.17 bits per heavy atom. The zero-order valence-corrected chi connectivity index (χ0v) is 20.0. The molecule has 1 aromatic carbocycles. The average molecular weight is 436 g/mol. The highest BCUT2D eigenvalue weighted by atomic mass is 32.1. The van der Waals surface area contributed by atoms with E-state index in [1.165, 1.54) is 31.2 Å². The predicted molar refractivity (Wildman–Crippen MR) is 129 cm³/mol. The molecule has 30 heavy (non-hydrogen) atoms. The molecular weight excluding hydrogens is 394 g/mol. The second-order valence-corrected chi connectivity index (χ2v) is 8.51. The van der Waals surface area contributed by atoms with Gasteiger partial charge < -0.3 is 19.7 Å². The van der Waals surface area contributed by atoms with Crippen LogP contribution in [0.4, 0.5) is 0 Å². The fourth-order valence-electron chi connectivity index (χ4n) is 3.80. The lowest BCUT2D eigenvalue weighted by Gasteiger charge is -2.31. The summed E-state index contributed by atoms with van der Waals surface area (Å²) in [7, 11) is 1.70. The molecule has 6 heteroatoms. The van der Waals surface area contributed by atoms with Gasteiger partial charge in [-0.3, -0.25) is 4.90 Å². The van der Waals surface area contributed by atoms with E-state index in [1.807, 2.05) is 12.1 Å². The summed E-state index contributed by atoms with van der Waals surface area (Å²) in [5, 5.41) is 4.54. The van der Waals surface area contributed by atoms with Crippen molar-refractivity contribution in [1.82, 2.24) is 15.1 Å². The van der Waals surface area contributed by atoms with Gasteiger partial charge in [0.05, 0.1) is 20.3 Å². The number of rotatable bonds is 13. The Hall–Kier alpha value is -1.37. The van der Waals surface area contributed by atoms with Crippen LogP contribution in [0.25, 0.3) is 0 Å². The molecular formula is C24H41N3O2S. The first-order valence-electron chi connectivity index (χ1n) is 11.6. The summed E-state index contributed by atoms with van der Waals surface area (Å²) in [6.07, 6.45) is 7.21. The Morgan fingerprint density at radius 2 is 1.90 bits per heavy atom. The van der Waals surface area contributed by atoms with Crippen LogP contribution in [0.1, 0.15) is 57.9 Å². The van der Waals surface area contributed by atoms with E-state index in [2.05, 4.69) is 41.1 Å². The smallest absolute Gasteiger partial charge is 0.169 e. The molecule has 1 saturated heterocycles. The third-order valence-corrected chi connectivity index (χ3v) is 6.18. The van der Waals surface area contributed by atoms with Gasteiger partial charge in [-0.2, -0.15) is 0 Å². The van der Waals surface area contributed by atoms with Crippen LogP contribution in [0.3, 0.4) is 0 Å². The molecule has 1 aliphatic heterocycles. The standard InChI is InChI=1S/C24H41N3O2S/c1-4-6-7-9-22(5-2)25-24(30)27(15-8-14-26-16-18-29-19-17-26)20-21-10-12-23(28-3)13-11-21/h10-13,22H,4-9,14-20H2,1-3H3,(H,25,30). The summed E-state index contributed by atoms with van der Waals surface area (Å²) in [5.41, 5.74) is 1.25. The first-order chi connectivity index (χ1) is 14.7. The molecule has 1 aromatic rings. The van der Waals surface area contributed by atoms with E-state index >= 15 is 0 Å². The number of methoxy groups -OCH3 is 1. The summed E-state index contributed by atoms with van der Waals surface area (Å²) < 4.78 is 10.8. The maximum Gasteiger partial charge on any atom is 0.169 e. The first kappa shape index (κ1) is 24.9. The van der Waals surface area contributed by atoms with E-state index < -0.39 is 0 Å². The van der Waals surface area contributed by atoms with E-state index in [0.717, 1.165) is 69.6 Å². The minimum atomic E-state index is 0.460. The molecule has 2 rings (SSSR count). The van der Waals surface area contributed by atoms with Gasteiger partial charge in [0.15, 0.2) is 5.11 Å². The van der Waals surface area contributed by atoms with Gasteiger partial charge in [0, 0.05) is 38.8 Å². The van der Waals surface area contributed by atoms with Gasteiger partial charge in [-0.25, -0.2) is 0 Å². The Kier molecular flexibility index (Phi) is 12.1. The molecule has 0 amide bonds. The minimum absolute atomic E-state index is 0.460. The first-order valence-corrected chi connectivity index (χ1v) is 12.1. The third-order valence-electron chi connectivity index (χ3n) is 5.80. The number of nitrogens with one attached hydrogen (secondary N) is 1. The molecule has 1 N–H and O–H groups in total. The Morgan fingerprint density at radius 3 is 2.53 bits per heavy atom. The summed E-state index contributed by atoms with van der Waals surface area (Å²) in [5.74, 6) is 0.889. The van der Waals surface area contributed by atoms with Gasteiger partial charge in [-0.1, -0.05) is 45.2 Å². The van der Waals surface area contributed by atoms with E-state index in [9.17, 15) is 0 Å². The van der Waals surface area contributed by atoms with Crippen molar-refractivity contribution >= 4 is 17.3 Å². The quantitative estimate of drug-likeness (QED) is 0.364. The Balaban J connectivity index is 1.93. The second-order valence-electron chi connectivity index (χ2n) is 8.13. The van der Waals surface area contributed by atoms with Gasteiger partial charge in [0.2, 0.25) is 0 Å². The van der Waals surface area contributed by atoms with Crippen molar-refractivity contribution in [3.8, 4) is 5.75 Å². The largest absolute Gasteiger partial charge is 0.497 e. The number of hydrogen-bond donors (Lipinski definition) is 1. The number of benzene rings is 1. The molecule has 0 saturated carbocycles. The topological polar surface area (TPSA) is 37.0 Å². The van der Waals surface area contributed by atoms with Crippen LogP contribution in [-0.4, -0.2) is 67.5 Å². The zero-order chi connectivity index (χ0) is 21.6. The van der Waals surface area contributed by atoms with Gasteiger partial charge in [-0.05, 0) is 49.2 Å². The molecule has 0 bridgehead atoms. The number of hydrogen-bond acceptors (Lipinski definition) is 4. The fourth-order valence-corrected chi connectivity index (χ4v) is 4.12. The number of morpholine rings is 1. The van der Waals surface area contributed by atoms with Crippen LogP contribution in [0.5, 0.6) is 5.75 Å². The van der Waals surface area contributed by atoms with Crippen molar-refractivity contribution in [2.24, 2.45) is 0 Å². The molecule has 1 heterocycles. The maximum atomic E-state index is 5.87. The SMILES string of the molecule is CCCCCC(CC)NC(=S)N(CCCN1CCOCC1)Cc1ccc(OC)cc1. The van der Waals surface area contributed by atoms with E-state index in [4.69, 9.17) is 21.7 Å². The van der Waals surface area contributed by atoms with Gasteiger partial charge >= 0.3 is 0 Å². The van der Waals surface area contributed by atoms with Gasteiger partial charge in [-0.15, -0.1) is 0 Å². The highest BCUT2D eigenvalue weighted by molar-refractivity contribution is 7.80. The molecule has 1 fully saturated rings. The van der Waals surface area contributed by atoms with Crippen LogP contribution >= 0.6 is 12.2 Å². The van der Waals surface area contributed by atoms with Crippen LogP contribution in [0.15, 0.2) is 24.3 Å². The van der Waals surface area contributed by atoms with E-state index in [1.54, 1.807) is 7.11 Å². The molecule has 170 valence electrons. The molecule has 5 nitrogen and oxygen atoms in total. The second kappa shape index (κ2) is 14.6. The zero-order valence-electron chi connectivity index (χ0n) is 19.2. The predicted octanol–water partition coefficient (Wildman–Crippen LogP) is 4.45. The summed E-state index contributed by atoms with van der Waals surface area (Å²) in [4.78, 5) is 4.82. The van der Waals surface area contributed by atoms with Crippen molar-refractivity contribution in [3.63, 3.8) is 0 Å². The lowest BCUT2D eigenvalue weighted by Crippen LogP contribution is -2.45. The van der Waals surface area contributed by atoms with Crippen LogP contribution in [-0.2, 0) is 11.3 Å². The average Bonchev–Trinajstić information content (AvgIpc) is 2.79. The molecule has 1 unspecified atom stereocenters. The molecule has 1 atom stereocenters. The third kappa shape index (κ3) is 9.19. The summed E-state index contributed by atoms with van der Waals surface area (Å²) in [6.45, 7) is 11.2. The summed E-state index contributed by atoms with van der Waals surface area (Å²) in [6, 6.07) is 8.78. The van der Waals surface area contributed by atoms with Crippen molar-refractivity contribution in [2.45, 2.75) is 65.0 Å². The number of unbranched alkanes of at least 4 members (excludes halogenated alkanes) is 2. The van der Waals surface area contributed by atoms with Crippen LogP contribution in [0, 0.1) is 0 Å². The van der Waals surface area contributed by atoms with E-state index in [0.29, 0.717) is 6.04 Å². The highest BCUT2D eigenvalue weighted by Crippen LogP contribution is 2.14. The number of ether oxygens (including phenoxy) is 2. The lowest BCUT2D eigenvalue weighted by atomic mass is 10.1.